The fourth-order valence-electron chi connectivity index (χ4n) is 1.70. The summed E-state index contributed by atoms with van der Waals surface area (Å²) in [7, 11) is 0. The first-order valence-electron chi connectivity index (χ1n) is 5.48. The van der Waals surface area contributed by atoms with Crippen LogP contribution in [-0.4, -0.2) is 23.0 Å². The first kappa shape index (κ1) is 12.8. The minimum absolute atomic E-state index is 0.0539. The molecule has 1 aliphatic rings. The number of carbonyl (C=O) groups excluding carboxylic acids is 1. The van der Waals surface area contributed by atoms with Gasteiger partial charge in [-0.2, -0.15) is 0 Å². The van der Waals surface area contributed by atoms with Crippen molar-refractivity contribution in [1.82, 2.24) is 5.32 Å². The fourth-order valence-corrected chi connectivity index (χ4v) is 1.86. The third-order valence-corrected chi connectivity index (χ3v) is 3.06. The van der Waals surface area contributed by atoms with E-state index in [0.717, 1.165) is 18.9 Å². The Labute approximate surface area is 108 Å². The Bertz CT molecular complexity index is 502. The quantitative estimate of drug-likeness (QED) is 0.881. The van der Waals surface area contributed by atoms with Crippen molar-refractivity contribution < 1.29 is 19.1 Å². The maximum atomic E-state index is 13.5. The van der Waals surface area contributed by atoms with E-state index in [4.69, 9.17) is 16.7 Å². The van der Waals surface area contributed by atoms with Crippen molar-refractivity contribution in [3.8, 4) is 0 Å². The number of hydrogen-bond donors (Lipinski definition) is 2. The SMILES string of the molecule is O=C(NC(C(=O)O)C1CC1)c1ccc(Cl)cc1F. The summed E-state index contributed by atoms with van der Waals surface area (Å²) in [6, 6.07) is 2.68. The minimum Gasteiger partial charge on any atom is -0.480 e. The highest BCUT2D eigenvalue weighted by atomic mass is 35.5. The predicted molar refractivity (Wildman–Crippen MR) is 63.0 cm³/mol. The highest BCUT2D eigenvalue weighted by molar-refractivity contribution is 6.30. The van der Waals surface area contributed by atoms with Crippen LogP contribution in [0.25, 0.3) is 0 Å². The lowest BCUT2D eigenvalue weighted by Crippen LogP contribution is -2.42. The Morgan fingerprint density at radius 1 is 1.44 bits per heavy atom. The first-order chi connectivity index (χ1) is 8.49. The highest BCUT2D eigenvalue weighted by Crippen LogP contribution is 2.33. The van der Waals surface area contributed by atoms with E-state index in [1.165, 1.54) is 12.1 Å². The van der Waals surface area contributed by atoms with Gasteiger partial charge in [0, 0.05) is 5.02 Å². The number of nitrogens with one attached hydrogen (secondary N) is 1. The monoisotopic (exact) mass is 271 g/mol. The van der Waals surface area contributed by atoms with Gasteiger partial charge in [0.05, 0.1) is 5.56 Å². The molecule has 1 aliphatic carbocycles. The molecule has 18 heavy (non-hydrogen) atoms. The number of carbonyl (C=O) groups is 2. The average Bonchev–Trinajstić information content (AvgIpc) is 3.08. The lowest BCUT2D eigenvalue weighted by molar-refractivity contribution is -0.139. The second-order valence-corrected chi connectivity index (χ2v) is 4.69. The van der Waals surface area contributed by atoms with Crippen LogP contribution >= 0.6 is 11.6 Å². The molecule has 0 bridgehead atoms. The Morgan fingerprint density at radius 2 is 2.11 bits per heavy atom. The summed E-state index contributed by atoms with van der Waals surface area (Å²) >= 11 is 5.57. The Kier molecular flexibility index (Phi) is 3.52. The molecule has 0 spiro atoms. The molecular formula is C12H11ClFNO3. The predicted octanol–water partition coefficient (Wildman–Crippen LogP) is 2.07. The summed E-state index contributed by atoms with van der Waals surface area (Å²) in [6.45, 7) is 0. The molecule has 2 N–H and O–H groups in total. The number of carboxylic acid groups (broad SMARTS) is 1. The summed E-state index contributed by atoms with van der Waals surface area (Å²) in [5.41, 5.74) is -0.202. The van der Waals surface area contributed by atoms with Crippen LogP contribution in [0, 0.1) is 11.7 Å². The van der Waals surface area contributed by atoms with Gasteiger partial charge in [0.25, 0.3) is 5.91 Å². The van der Waals surface area contributed by atoms with Crippen LogP contribution in [0.3, 0.4) is 0 Å². The van der Waals surface area contributed by atoms with Crippen LogP contribution in [-0.2, 0) is 4.79 Å². The minimum atomic E-state index is -1.10. The number of halogens is 2. The maximum Gasteiger partial charge on any atom is 0.326 e. The largest absolute Gasteiger partial charge is 0.480 e. The molecule has 0 aromatic heterocycles. The molecule has 1 atom stereocenters. The van der Waals surface area contributed by atoms with Gasteiger partial charge >= 0.3 is 5.97 Å². The summed E-state index contributed by atoms with van der Waals surface area (Å²) in [4.78, 5) is 22.7. The van der Waals surface area contributed by atoms with Gasteiger partial charge in [-0.3, -0.25) is 4.79 Å². The summed E-state index contributed by atoms with van der Waals surface area (Å²) in [5, 5.41) is 11.5. The van der Waals surface area contributed by atoms with Crippen molar-refractivity contribution >= 4 is 23.5 Å². The lowest BCUT2D eigenvalue weighted by atomic mass is 10.1. The molecule has 1 amide bonds. The third kappa shape index (κ3) is 2.79. The van der Waals surface area contributed by atoms with Crippen molar-refractivity contribution in [1.29, 1.82) is 0 Å². The number of carboxylic acids is 1. The molecule has 1 fully saturated rings. The molecule has 0 heterocycles. The number of benzene rings is 1. The molecule has 6 heteroatoms. The van der Waals surface area contributed by atoms with Crippen molar-refractivity contribution in [3.63, 3.8) is 0 Å². The van der Waals surface area contributed by atoms with Gasteiger partial charge in [-0.15, -0.1) is 0 Å². The maximum absolute atomic E-state index is 13.5. The summed E-state index contributed by atoms with van der Waals surface area (Å²) < 4.78 is 13.5. The van der Waals surface area contributed by atoms with Gasteiger partial charge in [-0.1, -0.05) is 11.6 Å². The molecule has 1 saturated carbocycles. The fraction of sp³-hybridized carbons (Fsp3) is 0.333. The van der Waals surface area contributed by atoms with Crippen LogP contribution in [0.2, 0.25) is 5.02 Å². The molecular weight excluding hydrogens is 261 g/mol. The van der Waals surface area contributed by atoms with Gasteiger partial charge in [0.1, 0.15) is 11.9 Å². The number of amides is 1. The lowest BCUT2D eigenvalue weighted by Gasteiger charge is -2.13. The van der Waals surface area contributed by atoms with E-state index in [-0.39, 0.29) is 16.5 Å². The normalized spacial score (nSPS) is 16.1. The molecule has 1 aromatic rings. The molecule has 1 aromatic carbocycles. The first-order valence-corrected chi connectivity index (χ1v) is 5.85. The molecule has 4 nitrogen and oxygen atoms in total. The van der Waals surface area contributed by atoms with Gasteiger partial charge < -0.3 is 10.4 Å². The smallest absolute Gasteiger partial charge is 0.326 e. The van der Waals surface area contributed by atoms with Crippen molar-refractivity contribution in [3.05, 3.63) is 34.6 Å². The zero-order chi connectivity index (χ0) is 13.3. The van der Waals surface area contributed by atoms with E-state index < -0.39 is 23.7 Å². The Balaban J connectivity index is 2.13. The van der Waals surface area contributed by atoms with E-state index in [0.29, 0.717) is 0 Å². The molecule has 96 valence electrons. The van der Waals surface area contributed by atoms with E-state index in [9.17, 15) is 14.0 Å². The van der Waals surface area contributed by atoms with Crippen molar-refractivity contribution in [2.45, 2.75) is 18.9 Å². The van der Waals surface area contributed by atoms with E-state index in [2.05, 4.69) is 5.32 Å². The molecule has 0 radical (unpaired) electrons. The van der Waals surface area contributed by atoms with Crippen LogP contribution in [0.5, 0.6) is 0 Å². The number of rotatable bonds is 4. The number of aliphatic carboxylic acids is 1. The van der Waals surface area contributed by atoms with Crippen LogP contribution in [0.4, 0.5) is 4.39 Å². The zero-order valence-corrected chi connectivity index (χ0v) is 10.1. The van der Waals surface area contributed by atoms with Crippen LogP contribution in [0.1, 0.15) is 23.2 Å². The standard InChI is InChI=1S/C12H11ClFNO3/c13-7-3-4-8(9(14)5-7)11(16)15-10(12(17)18)6-1-2-6/h3-6,10H,1-2H2,(H,15,16)(H,17,18). The van der Waals surface area contributed by atoms with Gasteiger partial charge in [0.15, 0.2) is 0 Å². The molecule has 2 rings (SSSR count). The third-order valence-electron chi connectivity index (χ3n) is 2.82. The summed E-state index contributed by atoms with van der Waals surface area (Å²) in [6.07, 6.45) is 1.53. The van der Waals surface area contributed by atoms with Crippen molar-refractivity contribution in [2.24, 2.45) is 5.92 Å². The molecule has 1 unspecified atom stereocenters. The van der Waals surface area contributed by atoms with Crippen molar-refractivity contribution in [2.75, 3.05) is 0 Å². The van der Waals surface area contributed by atoms with E-state index in [1.807, 2.05) is 0 Å². The number of hydrogen-bond acceptors (Lipinski definition) is 2. The van der Waals surface area contributed by atoms with Gasteiger partial charge in [-0.05, 0) is 37.0 Å². The Hall–Kier alpha value is -1.62. The average molecular weight is 272 g/mol. The van der Waals surface area contributed by atoms with E-state index >= 15 is 0 Å². The zero-order valence-electron chi connectivity index (χ0n) is 9.32. The highest BCUT2D eigenvalue weighted by Gasteiger charge is 2.37. The van der Waals surface area contributed by atoms with E-state index in [1.54, 1.807) is 0 Å². The second kappa shape index (κ2) is 4.94. The topological polar surface area (TPSA) is 66.4 Å². The van der Waals surface area contributed by atoms with Crippen LogP contribution in [0.15, 0.2) is 18.2 Å². The second-order valence-electron chi connectivity index (χ2n) is 4.25. The van der Waals surface area contributed by atoms with Gasteiger partial charge in [0.2, 0.25) is 0 Å². The molecule has 0 aliphatic heterocycles. The van der Waals surface area contributed by atoms with Crippen LogP contribution < -0.4 is 5.32 Å². The van der Waals surface area contributed by atoms with Gasteiger partial charge in [-0.25, -0.2) is 9.18 Å². The Morgan fingerprint density at radius 3 is 2.61 bits per heavy atom. The molecule has 0 saturated heterocycles. The summed E-state index contributed by atoms with van der Waals surface area (Å²) in [5.74, 6) is -2.65.